The Morgan fingerprint density at radius 3 is 2.57 bits per heavy atom. The molecule has 1 amide bonds. The lowest BCUT2D eigenvalue weighted by Crippen LogP contribution is -2.44. The predicted octanol–water partition coefficient (Wildman–Crippen LogP) is 5.08. The van der Waals surface area contributed by atoms with Crippen LogP contribution in [0.2, 0.25) is 0 Å². The van der Waals surface area contributed by atoms with Crippen LogP contribution in [-0.2, 0) is 4.79 Å². The van der Waals surface area contributed by atoms with Gasteiger partial charge in [-0.25, -0.2) is 14.4 Å². The minimum absolute atomic E-state index is 0.120. The molecule has 0 aliphatic carbocycles. The van der Waals surface area contributed by atoms with Crippen LogP contribution in [0.15, 0.2) is 73.1 Å². The molecule has 37 heavy (non-hydrogen) atoms. The molecule has 1 fully saturated rings. The highest BCUT2D eigenvalue weighted by Crippen LogP contribution is 2.31. The molecule has 0 N–H and O–H groups in total. The van der Waals surface area contributed by atoms with Gasteiger partial charge in [-0.1, -0.05) is 42.5 Å². The van der Waals surface area contributed by atoms with Gasteiger partial charge in [-0.3, -0.25) is 4.79 Å². The molecule has 5 rings (SSSR count). The molecule has 2 aliphatic heterocycles. The molecule has 190 valence electrons. The lowest BCUT2D eigenvalue weighted by atomic mass is 9.93. The molecule has 0 saturated carbocycles. The fourth-order valence-electron chi connectivity index (χ4n) is 5.03. The zero-order valence-electron chi connectivity index (χ0n) is 21.2. The largest absolute Gasteiger partial charge is 0.481 e. The number of ether oxygens (including phenoxy) is 1. The first-order chi connectivity index (χ1) is 18.0. The zero-order valence-corrected chi connectivity index (χ0v) is 21.2. The number of carbonyl (C=O) groups is 1. The Hall–Kier alpha value is -4.00. The number of aromatic nitrogens is 2. The summed E-state index contributed by atoms with van der Waals surface area (Å²) in [5, 5.41) is 0. The van der Waals surface area contributed by atoms with Crippen molar-refractivity contribution in [3.8, 4) is 5.88 Å². The summed E-state index contributed by atoms with van der Waals surface area (Å²) in [5.74, 6) is 0.773. The Morgan fingerprint density at radius 1 is 1.05 bits per heavy atom. The SMILES string of the molecule is COc1cc(C2CCN(C(=O)CN3CC=C(c4ccc(F)c(C)c4)C=C3c3ccccc3)CC2)ncn1. The van der Waals surface area contributed by atoms with Crippen LogP contribution in [0.1, 0.15) is 41.1 Å². The van der Waals surface area contributed by atoms with E-state index in [2.05, 4.69) is 39.2 Å². The first-order valence-electron chi connectivity index (χ1n) is 12.6. The number of hydrogen-bond acceptors (Lipinski definition) is 5. The van der Waals surface area contributed by atoms with Crippen molar-refractivity contribution in [2.45, 2.75) is 25.7 Å². The molecule has 0 unspecified atom stereocenters. The third-order valence-electron chi connectivity index (χ3n) is 7.19. The zero-order chi connectivity index (χ0) is 25.8. The van der Waals surface area contributed by atoms with Gasteiger partial charge in [-0.05, 0) is 60.2 Å². The molecule has 3 heterocycles. The number of methoxy groups -OCH3 is 1. The number of carbonyl (C=O) groups excluding carboxylic acids is 1. The van der Waals surface area contributed by atoms with E-state index in [1.807, 2.05) is 41.3 Å². The summed E-state index contributed by atoms with van der Waals surface area (Å²) in [6.45, 7) is 4.09. The molecule has 7 heteroatoms. The molecule has 6 nitrogen and oxygen atoms in total. The highest BCUT2D eigenvalue weighted by molar-refractivity contribution is 5.88. The second kappa shape index (κ2) is 10.9. The van der Waals surface area contributed by atoms with Gasteiger partial charge in [0.25, 0.3) is 0 Å². The number of nitrogens with zero attached hydrogens (tertiary/aromatic N) is 4. The lowest BCUT2D eigenvalue weighted by Gasteiger charge is -2.35. The monoisotopic (exact) mass is 498 g/mol. The summed E-state index contributed by atoms with van der Waals surface area (Å²) in [5.41, 5.74) is 5.65. The molecule has 1 saturated heterocycles. The third-order valence-corrected chi connectivity index (χ3v) is 7.19. The van der Waals surface area contributed by atoms with E-state index in [4.69, 9.17) is 4.74 Å². The number of rotatable bonds is 6. The van der Waals surface area contributed by atoms with E-state index in [9.17, 15) is 9.18 Å². The van der Waals surface area contributed by atoms with Crippen molar-refractivity contribution in [2.75, 3.05) is 33.3 Å². The number of hydrogen-bond donors (Lipinski definition) is 0. The van der Waals surface area contributed by atoms with E-state index < -0.39 is 0 Å². The quantitative estimate of drug-likeness (QED) is 0.475. The Kier molecular flexibility index (Phi) is 7.30. The van der Waals surface area contributed by atoms with Crippen molar-refractivity contribution in [1.82, 2.24) is 19.8 Å². The second-order valence-electron chi connectivity index (χ2n) is 9.54. The van der Waals surface area contributed by atoms with E-state index >= 15 is 0 Å². The van der Waals surface area contributed by atoms with Crippen LogP contribution >= 0.6 is 0 Å². The predicted molar refractivity (Wildman–Crippen MR) is 142 cm³/mol. The van der Waals surface area contributed by atoms with Crippen LogP contribution in [0.5, 0.6) is 5.88 Å². The smallest absolute Gasteiger partial charge is 0.242 e. The summed E-state index contributed by atoms with van der Waals surface area (Å²) >= 11 is 0. The maximum Gasteiger partial charge on any atom is 0.242 e. The Balaban J connectivity index is 1.29. The summed E-state index contributed by atoms with van der Waals surface area (Å²) in [6, 6.07) is 17.2. The van der Waals surface area contributed by atoms with Gasteiger partial charge < -0.3 is 14.5 Å². The minimum atomic E-state index is -0.206. The van der Waals surface area contributed by atoms with E-state index in [0.717, 1.165) is 40.9 Å². The van der Waals surface area contributed by atoms with Crippen molar-refractivity contribution >= 4 is 17.2 Å². The van der Waals surface area contributed by atoms with Gasteiger partial charge in [-0.15, -0.1) is 0 Å². The van der Waals surface area contributed by atoms with Crippen LogP contribution in [0.25, 0.3) is 11.3 Å². The molecular formula is C30H31FN4O2. The van der Waals surface area contributed by atoms with Crippen LogP contribution in [-0.4, -0.2) is 59.0 Å². The van der Waals surface area contributed by atoms with Gasteiger partial charge >= 0.3 is 0 Å². The number of piperidine rings is 1. The molecule has 0 bridgehead atoms. The first-order valence-corrected chi connectivity index (χ1v) is 12.6. The van der Waals surface area contributed by atoms with Gasteiger partial charge in [-0.2, -0.15) is 0 Å². The van der Waals surface area contributed by atoms with Crippen molar-refractivity contribution in [3.05, 3.63) is 101 Å². The summed E-state index contributed by atoms with van der Waals surface area (Å²) in [7, 11) is 1.60. The maximum absolute atomic E-state index is 13.8. The van der Waals surface area contributed by atoms with Gasteiger partial charge in [0.1, 0.15) is 12.1 Å². The van der Waals surface area contributed by atoms with Crippen LogP contribution in [0, 0.1) is 12.7 Å². The highest BCUT2D eigenvalue weighted by atomic mass is 19.1. The normalized spacial score (nSPS) is 16.3. The van der Waals surface area contributed by atoms with Crippen LogP contribution in [0.3, 0.4) is 0 Å². The minimum Gasteiger partial charge on any atom is -0.481 e. The molecule has 3 aromatic rings. The van der Waals surface area contributed by atoms with E-state index in [-0.39, 0.29) is 11.7 Å². The Morgan fingerprint density at radius 2 is 1.84 bits per heavy atom. The number of benzene rings is 2. The topological polar surface area (TPSA) is 58.6 Å². The summed E-state index contributed by atoms with van der Waals surface area (Å²) in [6.07, 6.45) is 7.48. The molecule has 0 radical (unpaired) electrons. The standard InChI is InChI=1S/C30H31FN4O2/c1-21-16-24(8-9-26(21)31)25-12-15-35(28(17-25)23-6-4-3-5-7-23)19-30(36)34-13-10-22(11-14-34)27-18-29(37-2)33-20-32-27/h3-9,12,16-18,20,22H,10-11,13-15,19H2,1-2H3. The van der Waals surface area contributed by atoms with E-state index in [1.54, 1.807) is 14.0 Å². The average molecular weight is 499 g/mol. The second-order valence-corrected chi connectivity index (χ2v) is 9.54. The summed E-state index contributed by atoms with van der Waals surface area (Å²) in [4.78, 5) is 26.0. The molecular weight excluding hydrogens is 467 g/mol. The fourth-order valence-corrected chi connectivity index (χ4v) is 5.03. The van der Waals surface area contributed by atoms with Gasteiger partial charge in [0.2, 0.25) is 11.8 Å². The van der Waals surface area contributed by atoms with Gasteiger partial charge in [0, 0.05) is 37.3 Å². The lowest BCUT2D eigenvalue weighted by molar-refractivity contribution is -0.132. The molecule has 1 aromatic heterocycles. The fraction of sp³-hybridized carbons (Fsp3) is 0.300. The van der Waals surface area contributed by atoms with Crippen molar-refractivity contribution in [3.63, 3.8) is 0 Å². The van der Waals surface area contributed by atoms with Crippen LogP contribution < -0.4 is 4.74 Å². The van der Waals surface area contributed by atoms with Crippen LogP contribution in [0.4, 0.5) is 4.39 Å². The highest BCUT2D eigenvalue weighted by Gasteiger charge is 2.27. The molecule has 0 spiro atoms. The van der Waals surface area contributed by atoms with E-state index in [0.29, 0.717) is 43.5 Å². The number of amides is 1. The Labute approximate surface area is 217 Å². The third kappa shape index (κ3) is 5.56. The van der Waals surface area contributed by atoms with E-state index in [1.165, 1.54) is 12.4 Å². The number of likely N-dealkylation sites (tertiary alicyclic amines) is 1. The van der Waals surface area contributed by atoms with Crippen molar-refractivity contribution < 1.29 is 13.9 Å². The number of halogens is 1. The first kappa shape index (κ1) is 24.7. The summed E-state index contributed by atoms with van der Waals surface area (Å²) < 4.78 is 19.1. The average Bonchev–Trinajstić information content (AvgIpc) is 2.95. The van der Waals surface area contributed by atoms with Gasteiger partial charge in [0.15, 0.2) is 0 Å². The molecule has 2 aliphatic rings. The number of allylic oxidation sites excluding steroid dienone is 2. The Bertz CT molecular complexity index is 1330. The van der Waals surface area contributed by atoms with Gasteiger partial charge in [0.05, 0.1) is 19.3 Å². The van der Waals surface area contributed by atoms with Crippen molar-refractivity contribution in [2.24, 2.45) is 0 Å². The maximum atomic E-state index is 13.8. The van der Waals surface area contributed by atoms with Crippen molar-refractivity contribution in [1.29, 1.82) is 0 Å². The number of aryl methyl sites for hydroxylation is 1. The molecule has 2 aromatic carbocycles. The molecule has 0 atom stereocenters.